The summed E-state index contributed by atoms with van der Waals surface area (Å²) in [6.07, 6.45) is 13.0. The van der Waals surface area contributed by atoms with E-state index in [1.807, 2.05) is 0 Å². The van der Waals surface area contributed by atoms with Crippen LogP contribution in [0.5, 0.6) is 0 Å². The summed E-state index contributed by atoms with van der Waals surface area (Å²) in [4.78, 5) is -0.0471. The van der Waals surface area contributed by atoms with Crippen LogP contribution in [0.4, 0.5) is 0 Å². The molecule has 2 aliphatic rings. The van der Waals surface area contributed by atoms with Crippen molar-refractivity contribution in [2.75, 3.05) is 0 Å². The van der Waals surface area contributed by atoms with E-state index >= 15 is 0 Å². The van der Waals surface area contributed by atoms with Gasteiger partial charge < -0.3 is 4.55 Å². The van der Waals surface area contributed by atoms with Crippen LogP contribution in [-0.2, 0) is 10.1 Å². The SMILES string of the molecule is O=S(=O)([O-])c1cccc(P(C2CCCCC2)C2CCCCC2)c1.[Na+]. The zero-order valence-electron chi connectivity index (χ0n) is 14.6. The Morgan fingerprint density at radius 3 is 1.83 bits per heavy atom. The molecule has 0 amide bonds. The molecule has 3 rings (SSSR count). The van der Waals surface area contributed by atoms with E-state index in [0.717, 1.165) is 5.30 Å². The molecule has 0 heterocycles. The van der Waals surface area contributed by atoms with Gasteiger partial charge in [0.1, 0.15) is 10.1 Å². The van der Waals surface area contributed by atoms with Crippen LogP contribution in [0.25, 0.3) is 0 Å². The van der Waals surface area contributed by atoms with Gasteiger partial charge in [-0.2, -0.15) is 0 Å². The monoisotopic (exact) mass is 376 g/mol. The molecule has 2 fully saturated rings. The summed E-state index contributed by atoms with van der Waals surface area (Å²) in [7, 11) is -4.72. The summed E-state index contributed by atoms with van der Waals surface area (Å²) in [6.45, 7) is 0. The Balaban J connectivity index is 0.00000208. The molecule has 0 aromatic heterocycles. The molecule has 3 nitrogen and oxygen atoms in total. The van der Waals surface area contributed by atoms with E-state index in [1.54, 1.807) is 12.1 Å². The number of rotatable bonds is 4. The molecule has 24 heavy (non-hydrogen) atoms. The largest absolute Gasteiger partial charge is 1.00 e. The Bertz CT molecular complexity index is 605. The van der Waals surface area contributed by atoms with Crippen molar-refractivity contribution in [2.24, 2.45) is 0 Å². The normalized spacial score (nSPS) is 20.8. The molecule has 6 heteroatoms. The Labute approximate surface area is 169 Å². The minimum absolute atomic E-state index is 0. The van der Waals surface area contributed by atoms with E-state index in [-0.39, 0.29) is 42.4 Å². The topological polar surface area (TPSA) is 57.2 Å². The van der Waals surface area contributed by atoms with E-state index in [2.05, 4.69) is 6.07 Å². The maximum atomic E-state index is 11.4. The molecule has 0 bridgehead atoms. The van der Waals surface area contributed by atoms with E-state index in [4.69, 9.17) is 0 Å². The van der Waals surface area contributed by atoms with Gasteiger partial charge in [0, 0.05) is 0 Å². The van der Waals surface area contributed by atoms with Crippen LogP contribution in [0, 0.1) is 0 Å². The van der Waals surface area contributed by atoms with Crippen molar-refractivity contribution in [3.63, 3.8) is 0 Å². The van der Waals surface area contributed by atoms with E-state index < -0.39 is 10.1 Å². The third kappa shape index (κ3) is 5.28. The number of hydrogen-bond acceptors (Lipinski definition) is 3. The average Bonchev–Trinajstić information content (AvgIpc) is 2.57. The van der Waals surface area contributed by atoms with Crippen molar-refractivity contribution < 1.29 is 42.5 Å². The molecule has 128 valence electrons. The summed E-state index contributed by atoms with van der Waals surface area (Å²) in [6, 6.07) is 6.98. The molecule has 0 saturated heterocycles. The molecule has 0 N–H and O–H groups in total. The number of benzene rings is 1. The standard InChI is InChI=1S/C18H27O3PS.Na/c19-23(20,21)18-13-7-12-17(14-18)22(15-8-3-1-4-9-15)16-10-5-2-6-11-16;/h7,12-16H,1-6,8-11H2,(H,19,20,21);/q;+1/p-1. The van der Waals surface area contributed by atoms with Crippen LogP contribution in [0.2, 0.25) is 0 Å². The molecule has 0 atom stereocenters. The second-order valence-electron chi connectivity index (χ2n) is 6.94. The van der Waals surface area contributed by atoms with Crippen LogP contribution in [0.3, 0.4) is 0 Å². The fraction of sp³-hybridized carbons (Fsp3) is 0.667. The van der Waals surface area contributed by atoms with Gasteiger partial charge in [-0.3, -0.25) is 0 Å². The van der Waals surface area contributed by atoms with Gasteiger partial charge in [-0.1, -0.05) is 58.6 Å². The fourth-order valence-corrected chi connectivity index (χ4v) is 8.67. The van der Waals surface area contributed by atoms with Gasteiger partial charge in [-0.25, -0.2) is 8.42 Å². The van der Waals surface area contributed by atoms with Gasteiger partial charge in [-0.15, -0.1) is 0 Å². The average molecular weight is 376 g/mol. The van der Waals surface area contributed by atoms with Gasteiger partial charge in [0.15, 0.2) is 0 Å². The first-order chi connectivity index (χ1) is 11.1. The van der Waals surface area contributed by atoms with Gasteiger partial charge >= 0.3 is 29.6 Å². The van der Waals surface area contributed by atoms with Crippen LogP contribution >= 0.6 is 7.92 Å². The van der Waals surface area contributed by atoms with Crippen LogP contribution in [0.1, 0.15) is 64.2 Å². The maximum Gasteiger partial charge on any atom is 1.00 e. The Hall–Kier alpha value is 0.560. The second-order valence-corrected chi connectivity index (χ2v) is 11.1. The quantitative estimate of drug-likeness (QED) is 0.453. The smallest absolute Gasteiger partial charge is 0.744 e. The molecular weight excluding hydrogens is 350 g/mol. The zero-order valence-corrected chi connectivity index (χ0v) is 18.3. The van der Waals surface area contributed by atoms with Gasteiger partial charge in [-0.05, 0) is 54.4 Å². The Morgan fingerprint density at radius 2 is 1.38 bits per heavy atom. The van der Waals surface area contributed by atoms with Gasteiger partial charge in [0.05, 0.1) is 4.90 Å². The molecule has 2 aliphatic carbocycles. The fourth-order valence-electron chi connectivity index (χ4n) is 4.24. The number of hydrogen-bond donors (Lipinski definition) is 0. The Kier molecular flexibility index (Phi) is 8.24. The van der Waals surface area contributed by atoms with Crippen molar-refractivity contribution in [3.8, 4) is 0 Å². The third-order valence-corrected chi connectivity index (χ3v) is 9.65. The second kappa shape index (κ2) is 9.48. The molecular formula is C18H26NaO3PS. The Morgan fingerprint density at radius 1 is 0.875 bits per heavy atom. The third-order valence-electron chi connectivity index (χ3n) is 5.34. The summed E-state index contributed by atoms with van der Waals surface area (Å²) in [5.74, 6) is 0. The minimum atomic E-state index is -4.36. The van der Waals surface area contributed by atoms with Crippen molar-refractivity contribution in [1.82, 2.24) is 0 Å². The van der Waals surface area contributed by atoms with E-state index in [9.17, 15) is 13.0 Å². The minimum Gasteiger partial charge on any atom is -0.744 e. The first-order valence-corrected chi connectivity index (χ1v) is 11.8. The first kappa shape index (κ1) is 20.9. The first-order valence-electron chi connectivity index (χ1n) is 8.90. The van der Waals surface area contributed by atoms with Gasteiger partial charge in [0.25, 0.3) is 0 Å². The van der Waals surface area contributed by atoms with E-state index in [1.165, 1.54) is 70.3 Å². The zero-order chi connectivity index (χ0) is 16.3. The van der Waals surface area contributed by atoms with Crippen molar-refractivity contribution in [3.05, 3.63) is 24.3 Å². The summed E-state index contributed by atoms with van der Waals surface area (Å²) < 4.78 is 34.2. The van der Waals surface area contributed by atoms with E-state index in [0.29, 0.717) is 11.3 Å². The van der Waals surface area contributed by atoms with Crippen LogP contribution < -0.4 is 34.9 Å². The molecule has 0 spiro atoms. The molecule has 2 saturated carbocycles. The molecule has 0 aliphatic heterocycles. The van der Waals surface area contributed by atoms with Crippen molar-refractivity contribution in [1.29, 1.82) is 0 Å². The molecule has 1 aromatic rings. The molecule has 0 unspecified atom stereocenters. The van der Waals surface area contributed by atoms with Crippen LogP contribution in [-0.4, -0.2) is 24.3 Å². The van der Waals surface area contributed by atoms with Crippen LogP contribution in [0.15, 0.2) is 29.2 Å². The summed E-state index contributed by atoms with van der Waals surface area (Å²) in [5, 5.41) is 1.15. The summed E-state index contributed by atoms with van der Waals surface area (Å²) >= 11 is 0. The maximum absolute atomic E-state index is 11.4. The van der Waals surface area contributed by atoms with Gasteiger partial charge in [0.2, 0.25) is 0 Å². The summed E-state index contributed by atoms with van der Waals surface area (Å²) in [5.41, 5.74) is 1.43. The van der Waals surface area contributed by atoms with Crippen molar-refractivity contribution >= 4 is 23.3 Å². The van der Waals surface area contributed by atoms with Crippen molar-refractivity contribution in [2.45, 2.75) is 80.4 Å². The predicted octanol–water partition coefficient (Wildman–Crippen LogP) is 1.37. The molecule has 0 radical (unpaired) electrons. The predicted molar refractivity (Wildman–Crippen MR) is 94.7 cm³/mol. The molecule has 1 aromatic carbocycles.